The monoisotopic (exact) mass is 274 g/mol. The number of hydrogen-bond donors (Lipinski definition) is 2. The Hall–Kier alpha value is -2.83. The highest BCUT2D eigenvalue weighted by Gasteiger charge is 2.24. The first-order valence-electron chi connectivity index (χ1n) is 5.79. The number of ether oxygens (including phenoxy) is 1. The molecule has 0 unspecified atom stereocenters. The van der Waals surface area contributed by atoms with Crippen LogP contribution in [0.4, 0.5) is 5.69 Å². The minimum atomic E-state index is -1.16. The van der Waals surface area contributed by atoms with Crippen LogP contribution in [0, 0.1) is 0 Å². The van der Waals surface area contributed by atoms with Crippen molar-refractivity contribution in [3.63, 3.8) is 0 Å². The fraction of sp³-hybridized carbons (Fsp3) is 0.154. The first-order chi connectivity index (χ1) is 9.58. The molecule has 0 fully saturated rings. The standard InChI is InChI=1S/C13H10N2O5/c1-19-10-3-6(2-7-4-11(16)14-12(7)10)9-5-8(13(17)18)15-20-9/h2-3,5H,4H2,1H3,(H,14,16)(H,17,18). The topological polar surface area (TPSA) is 102 Å². The highest BCUT2D eigenvalue weighted by Crippen LogP contribution is 2.37. The number of nitrogens with zero attached hydrogens (tertiary/aromatic N) is 1. The number of methoxy groups -OCH3 is 1. The van der Waals surface area contributed by atoms with Crippen LogP contribution in [0.2, 0.25) is 0 Å². The number of fused-ring (bicyclic) bond motifs is 1. The normalized spacial score (nSPS) is 12.9. The van der Waals surface area contributed by atoms with Crippen LogP contribution >= 0.6 is 0 Å². The molecule has 3 rings (SSSR count). The molecule has 2 heterocycles. The molecule has 0 atom stereocenters. The van der Waals surface area contributed by atoms with Gasteiger partial charge in [-0.2, -0.15) is 0 Å². The lowest BCUT2D eigenvalue weighted by Crippen LogP contribution is -2.04. The number of benzene rings is 1. The Labute approximate surface area is 113 Å². The molecule has 7 nitrogen and oxygen atoms in total. The Morgan fingerprint density at radius 2 is 2.25 bits per heavy atom. The average Bonchev–Trinajstić information content (AvgIpc) is 3.02. The third kappa shape index (κ3) is 1.89. The Kier molecular flexibility index (Phi) is 2.67. The smallest absolute Gasteiger partial charge is 0.358 e. The van der Waals surface area contributed by atoms with Crippen molar-refractivity contribution in [2.75, 3.05) is 12.4 Å². The predicted octanol–water partition coefficient (Wildman–Crippen LogP) is 1.54. The number of hydrogen-bond acceptors (Lipinski definition) is 5. The fourth-order valence-electron chi connectivity index (χ4n) is 2.13. The van der Waals surface area contributed by atoms with Crippen LogP contribution in [0.1, 0.15) is 16.1 Å². The van der Waals surface area contributed by atoms with Crippen molar-refractivity contribution in [2.45, 2.75) is 6.42 Å². The summed E-state index contributed by atoms with van der Waals surface area (Å²) in [5.41, 5.74) is 1.85. The molecule has 2 N–H and O–H groups in total. The summed E-state index contributed by atoms with van der Waals surface area (Å²) >= 11 is 0. The third-order valence-corrected chi connectivity index (χ3v) is 3.03. The van der Waals surface area contributed by atoms with Crippen molar-refractivity contribution in [2.24, 2.45) is 0 Å². The molecule has 1 amide bonds. The molecule has 0 bridgehead atoms. The maximum atomic E-state index is 11.4. The zero-order chi connectivity index (χ0) is 14.3. The summed E-state index contributed by atoms with van der Waals surface area (Å²) in [6.45, 7) is 0. The zero-order valence-electron chi connectivity index (χ0n) is 10.5. The van der Waals surface area contributed by atoms with Gasteiger partial charge in [0.25, 0.3) is 0 Å². The molecule has 1 aliphatic rings. The van der Waals surface area contributed by atoms with Crippen LogP contribution < -0.4 is 10.1 Å². The third-order valence-electron chi connectivity index (χ3n) is 3.03. The molecule has 1 aromatic heterocycles. The van der Waals surface area contributed by atoms with E-state index in [0.29, 0.717) is 22.8 Å². The Bertz CT molecular complexity index is 720. The van der Waals surface area contributed by atoms with E-state index < -0.39 is 5.97 Å². The summed E-state index contributed by atoms with van der Waals surface area (Å²) in [6, 6.07) is 4.74. The number of carbonyl (C=O) groups is 2. The van der Waals surface area contributed by atoms with Crippen LogP contribution in [0.3, 0.4) is 0 Å². The van der Waals surface area contributed by atoms with Crippen molar-refractivity contribution in [3.05, 3.63) is 29.5 Å². The SMILES string of the molecule is COc1cc(-c2cc(C(=O)O)no2)cc2c1NC(=O)C2. The number of aromatic carboxylic acids is 1. The number of anilines is 1. The Morgan fingerprint density at radius 3 is 2.90 bits per heavy atom. The fourth-order valence-corrected chi connectivity index (χ4v) is 2.13. The van der Waals surface area contributed by atoms with Gasteiger partial charge in [0.15, 0.2) is 11.5 Å². The second-order valence-electron chi connectivity index (χ2n) is 4.32. The lowest BCUT2D eigenvalue weighted by atomic mass is 10.1. The molecule has 1 aromatic carbocycles. The van der Waals surface area contributed by atoms with E-state index in [1.807, 2.05) is 0 Å². The number of carboxylic acid groups (broad SMARTS) is 1. The lowest BCUT2D eigenvalue weighted by Gasteiger charge is -2.08. The molecule has 102 valence electrons. The Balaban J connectivity index is 2.08. The van der Waals surface area contributed by atoms with Crippen LogP contribution in [0.25, 0.3) is 11.3 Å². The van der Waals surface area contributed by atoms with E-state index in [1.54, 1.807) is 12.1 Å². The van der Waals surface area contributed by atoms with E-state index >= 15 is 0 Å². The van der Waals surface area contributed by atoms with E-state index in [2.05, 4.69) is 10.5 Å². The number of carbonyl (C=O) groups excluding carboxylic acids is 1. The molecule has 0 radical (unpaired) electrons. The highest BCUT2D eigenvalue weighted by atomic mass is 16.5. The first-order valence-corrected chi connectivity index (χ1v) is 5.79. The second kappa shape index (κ2) is 4.37. The molecular weight excluding hydrogens is 264 g/mol. The minimum absolute atomic E-state index is 0.112. The van der Waals surface area contributed by atoms with Gasteiger partial charge in [0.1, 0.15) is 5.75 Å². The van der Waals surface area contributed by atoms with Gasteiger partial charge in [0.05, 0.1) is 19.2 Å². The quantitative estimate of drug-likeness (QED) is 0.880. The van der Waals surface area contributed by atoms with Gasteiger partial charge in [0, 0.05) is 11.6 Å². The van der Waals surface area contributed by atoms with Crippen molar-refractivity contribution in [3.8, 4) is 17.1 Å². The lowest BCUT2D eigenvalue weighted by molar-refractivity contribution is -0.115. The molecule has 2 aromatic rings. The number of nitrogens with one attached hydrogen (secondary N) is 1. The van der Waals surface area contributed by atoms with Gasteiger partial charge in [-0.1, -0.05) is 5.16 Å². The summed E-state index contributed by atoms with van der Waals surface area (Å²) in [6.07, 6.45) is 0.249. The zero-order valence-corrected chi connectivity index (χ0v) is 10.5. The highest BCUT2D eigenvalue weighted by molar-refractivity contribution is 6.01. The van der Waals surface area contributed by atoms with E-state index in [4.69, 9.17) is 14.4 Å². The number of rotatable bonds is 3. The van der Waals surface area contributed by atoms with Crippen molar-refractivity contribution >= 4 is 17.6 Å². The van der Waals surface area contributed by atoms with E-state index in [-0.39, 0.29) is 18.0 Å². The van der Waals surface area contributed by atoms with Crippen LogP contribution in [-0.4, -0.2) is 29.2 Å². The molecule has 0 saturated heterocycles. The molecule has 1 aliphatic heterocycles. The Morgan fingerprint density at radius 1 is 1.45 bits per heavy atom. The van der Waals surface area contributed by atoms with Crippen LogP contribution in [0.15, 0.2) is 22.7 Å². The van der Waals surface area contributed by atoms with Crippen molar-refractivity contribution < 1.29 is 24.0 Å². The number of amides is 1. The number of carboxylic acids is 1. The second-order valence-corrected chi connectivity index (χ2v) is 4.32. The summed E-state index contributed by atoms with van der Waals surface area (Å²) in [4.78, 5) is 22.2. The number of aromatic nitrogens is 1. The van der Waals surface area contributed by atoms with E-state index in [0.717, 1.165) is 5.56 Å². The largest absolute Gasteiger partial charge is 0.495 e. The molecule has 0 aliphatic carbocycles. The predicted molar refractivity (Wildman–Crippen MR) is 67.8 cm³/mol. The van der Waals surface area contributed by atoms with Gasteiger partial charge >= 0.3 is 5.97 Å². The van der Waals surface area contributed by atoms with Crippen LogP contribution in [0.5, 0.6) is 5.75 Å². The summed E-state index contributed by atoms with van der Waals surface area (Å²) < 4.78 is 10.2. The molecule has 20 heavy (non-hydrogen) atoms. The van der Waals surface area contributed by atoms with Gasteiger partial charge in [-0.25, -0.2) is 4.79 Å². The molecule has 7 heteroatoms. The summed E-state index contributed by atoms with van der Waals surface area (Å²) in [7, 11) is 1.49. The maximum absolute atomic E-state index is 11.4. The van der Waals surface area contributed by atoms with Crippen molar-refractivity contribution in [1.82, 2.24) is 5.16 Å². The minimum Gasteiger partial charge on any atom is -0.495 e. The molecule has 0 spiro atoms. The summed E-state index contributed by atoms with van der Waals surface area (Å²) in [5.74, 6) is -0.469. The van der Waals surface area contributed by atoms with Crippen molar-refractivity contribution in [1.29, 1.82) is 0 Å². The van der Waals surface area contributed by atoms with Gasteiger partial charge in [-0.3, -0.25) is 4.79 Å². The molecular formula is C13H10N2O5. The van der Waals surface area contributed by atoms with E-state index in [9.17, 15) is 9.59 Å². The van der Waals surface area contributed by atoms with Gasteiger partial charge in [0.2, 0.25) is 5.91 Å². The van der Waals surface area contributed by atoms with Gasteiger partial charge < -0.3 is 19.7 Å². The van der Waals surface area contributed by atoms with Gasteiger partial charge in [-0.05, 0) is 17.7 Å². The van der Waals surface area contributed by atoms with Crippen LogP contribution in [-0.2, 0) is 11.2 Å². The average molecular weight is 274 g/mol. The summed E-state index contributed by atoms with van der Waals surface area (Å²) in [5, 5.41) is 15.0. The van der Waals surface area contributed by atoms with E-state index in [1.165, 1.54) is 13.2 Å². The van der Waals surface area contributed by atoms with Gasteiger partial charge in [-0.15, -0.1) is 0 Å². The molecule has 0 saturated carbocycles. The first kappa shape index (κ1) is 12.2. The maximum Gasteiger partial charge on any atom is 0.358 e.